The zero-order valence-electron chi connectivity index (χ0n) is 5.47. The Kier molecular flexibility index (Phi) is 2.68. The van der Waals surface area contributed by atoms with Crippen LogP contribution in [0.5, 0.6) is 0 Å². The quantitative estimate of drug-likeness (QED) is 0.673. The summed E-state index contributed by atoms with van der Waals surface area (Å²) >= 11 is 7.01. The van der Waals surface area contributed by atoms with Crippen LogP contribution in [0.1, 0.15) is 11.1 Å². The molecule has 56 valence electrons. The summed E-state index contributed by atoms with van der Waals surface area (Å²) in [4.78, 5) is 0.840. The molecule has 0 aliphatic carbocycles. The molecule has 2 N–H and O–H groups in total. The van der Waals surface area contributed by atoms with Crippen molar-refractivity contribution in [2.45, 2.75) is 6.23 Å². The van der Waals surface area contributed by atoms with Crippen LogP contribution < -0.4 is 5.32 Å². The van der Waals surface area contributed by atoms with Crippen LogP contribution in [0.4, 0.5) is 0 Å². The zero-order chi connectivity index (χ0) is 7.56. The van der Waals surface area contributed by atoms with E-state index in [0.29, 0.717) is 4.34 Å². The number of thiophene rings is 1. The van der Waals surface area contributed by atoms with Crippen molar-refractivity contribution in [3.8, 4) is 0 Å². The average molecular weight is 178 g/mol. The third-order valence-electron chi connectivity index (χ3n) is 1.14. The van der Waals surface area contributed by atoms with Crippen molar-refractivity contribution in [2.75, 3.05) is 7.05 Å². The lowest BCUT2D eigenvalue weighted by atomic mass is 10.4. The molecule has 1 heterocycles. The molecule has 0 bridgehead atoms. The van der Waals surface area contributed by atoms with Gasteiger partial charge in [0, 0.05) is 4.88 Å². The Hall–Kier alpha value is -0.0900. The van der Waals surface area contributed by atoms with E-state index in [1.807, 2.05) is 0 Å². The predicted octanol–water partition coefficient (Wildman–Crippen LogP) is 1.61. The van der Waals surface area contributed by atoms with Crippen LogP contribution in [-0.4, -0.2) is 12.2 Å². The maximum absolute atomic E-state index is 9.18. The van der Waals surface area contributed by atoms with Gasteiger partial charge < -0.3 is 5.11 Å². The zero-order valence-corrected chi connectivity index (χ0v) is 7.04. The summed E-state index contributed by atoms with van der Waals surface area (Å²) in [5.41, 5.74) is 0. The van der Waals surface area contributed by atoms with Gasteiger partial charge in [0.15, 0.2) is 0 Å². The van der Waals surface area contributed by atoms with Gasteiger partial charge in [-0.15, -0.1) is 11.3 Å². The summed E-state index contributed by atoms with van der Waals surface area (Å²) in [5, 5.41) is 11.9. The number of hydrogen-bond donors (Lipinski definition) is 2. The second kappa shape index (κ2) is 3.34. The standard InChI is InChI=1S/C6H8ClNOS/c1-8-6(9)4-2-3-5(7)10-4/h2-3,6,8-9H,1H3. The Bertz CT molecular complexity index is 213. The van der Waals surface area contributed by atoms with E-state index in [9.17, 15) is 5.11 Å². The lowest BCUT2D eigenvalue weighted by Crippen LogP contribution is -2.13. The van der Waals surface area contributed by atoms with E-state index in [4.69, 9.17) is 11.6 Å². The highest BCUT2D eigenvalue weighted by Crippen LogP contribution is 2.25. The molecule has 4 heteroatoms. The molecule has 0 saturated carbocycles. The minimum Gasteiger partial charge on any atom is -0.373 e. The van der Waals surface area contributed by atoms with Gasteiger partial charge in [0.1, 0.15) is 6.23 Å². The molecule has 1 aromatic heterocycles. The second-order valence-corrected chi connectivity index (χ2v) is 3.58. The molecule has 0 spiro atoms. The van der Waals surface area contributed by atoms with Gasteiger partial charge in [-0.2, -0.15) is 0 Å². The third kappa shape index (κ3) is 1.70. The SMILES string of the molecule is CNC(O)c1ccc(Cl)s1. The van der Waals surface area contributed by atoms with E-state index in [1.165, 1.54) is 11.3 Å². The summed E-state index contributed by atoms with van der Waals surface area (Å²) in [6.07, 6.45) is -0.586. The molecular formula is C6H8ClNOS. The van der Waals surface area contributed by atoms with E-state index in [-0.39, 0.29) is 0 Å². The molecule has 1 unspecified atom stereocenters. The highest BCUT2D eigenvalue weighted by molar-refractivity contribution is 7.16. The van der Waals surface area contributed by atoms with Crippen LogP contribution >= 0.6 is 22.9 Å². The number of aliphatic hydroxyl groups is 1. The van der Waals surface area contributed by atoms with Gasteiger partial charge in [-0.1, -0.05) is 11.6 Å². The van der Waals surface area contributed by atoms with E-state index >= 15 is 0 Å². The van der Waals surface area contributed by atoms with Crippen LogP contribution in [0.15, 0.2) is 12.1 Å². The Morgan fingerprint density at radius 3 is 2.80 bits per heavy atom. The van der Waals surface area contributed by atoms with Crippen LogP contribution in [0, 0.1) is 0 Å². The van der Waals surface area contributed by atoms with Gasteiger partial charge >= 0.3 is 0 Å². The molecule has 0 fully saturated rings. The molecular weight excluding hydrogens is 170 g/mol. The van der Waals surface area contributed by atoms with Gasteiger partial charge in [-0.3, -0.25) is 5.32 Å². The molecule has 0 radical (unpaired) electrons. The molecule has 1 atom stereocenters. The van der Waals surface area contributed by atoms with Crippen LogP contribution in [0.2, 0.25) is 4.34 Å². The van der Waals surface area contributed by atoms with Gasteiger partial charge in [0.25, 0.3) is 0 Å². The van der Waals surface area contributed by atoms with Gasteiger partial charge in [-0.25, -0.2) is 0 Å². The third-order valence-corrected chi connectivity index (χ3v) is 2.42. The molecule has 0 saturated heterocycles. The Morgan fingerprint density at radius 2 is 2.40 bits per heavy atom. The molecule has 0 aromatic carbocycles. The lowest BCUT2D eigenvalue weighted by Gasteiger charge is -2.03. The van der Waals surface area contributed by atoms with E-state index in [1.54, 1.807) is 19.2 Å². The Balaban J connectivity index is 2.74. The first-order chi connectivity index (χ1) is 4.74. The van der Waals surface area contributed by atoms with Crippen molar-refractivity contribution in [1.82, 2.24) is 5.32 Å². The second-order valence-electron chi connectivity index (χ2n) is 1.83. The molecule has 0 amide bonds. The fourth-order valence-corrected chi connectivity index (χ4v) is 1.67. The largest absolute Gasteiger partial charge is 0.373 e. The predicted molar refractivity (Wildman–Crippen MR) is 43.3 cm³/mol. The molecule has 0 aliphatic heterocycles. The minimum atomic E-state index is -0.586. The van der Waals surface area contributed by atoms with Crippen LogP contribution in [-0.2, 0) is 0 Å². The summed E-state index contributed by atoms with van der Waals surface area (Å²) < 4.78 is 0.698. The van der Waals surface area contributed by atoms with Crippen molar-refractivity contribution < 1.29 is 5.11 Å². The first kappa shape index (κ1) is 8.01. The number of rotatable bonds is 2. The van der Waals surface area contributed by atoms with Gasteiger partial charge in [-0.05, 0) is 19.2 Å². The first-order valence-electron chi connectivity index (χ1n) is 2.84. The Labute approximate surface area is 68.4 Å². The van der Waals surface area contributed by atoms with Crippen molar-refractivity contribution in [1.29, 1.82) is 0 Å². The lowest BCUT2D eigenvalue weighted by molar-refractivity contribution is 0.153. The van der Waals surface area contributed by atoms with E-state index < -0.39 is 6.23 Å². The highest BCUT2D eigenvalue weighted by Gasteiger charge is 2.05. The summed E-state index contributed by atoms with van der Waals surface area (Å²) in [6, 6.07) is 3.57. The van der Waals surface area contributed by atoms with E-state index in [0.717, 1.165) is 4.88 Å². The fraction of sp³-hybridized carbons (Fsp3) is 0.333. The number of aliphatic hydroxyl groups excluding tert-OH is 1. The topological polar surface area (TPSA) is 32.3 Å². The Morgan fingerprint density at radius 1 is 1.70 bits per heavy atom. The number of nitrogens with one attached hydrogen (secondary N) is 1. The molecule has 1 aromatic rings. The number of hydrogen-bond acceptors (Lipinski definition) is 3. The molecule has 0 aliphatic rings. The fourth-order valence-electron chi connectivity index (χ4n) is 0.617. The first-order valence-corrected chi connectivity index (χ1v) is 4.04. The highest BCUT2D eigenvalue weighted by atomic mass is 35.5. The van der Waals surface area contributed by atoms with Crippen molar-refractivity contribution in [2.24, 2.45) is 0 Å². The van der Waals surface area contributed by atoms with Crippen molar-refractivity contribution >= 4 is 22.9 Å². The summed E-state index contributed by atoms with van der Waals surface area (Å²) in [6.45, 7) is 0. The summed E-state index contributed by atoms with van der Waals surface area (Å²) in [5.74, 6) is 0. The van der Waals surface area contributed by atoms with Crippen LogP contribution in [0.3, 0.4) is 0 Å². The molecule has 1 rings (SSSR count). The normalized spacial score (nSPS) is 13.5. The average Bonchev–Trinajstić information content (AvgIpc) is 2.34. The van der Waals surface area contributed by atoms with Crippen molar-refractivity contribution in [3.05, 3.63) is 21.3 Å². The number of halogens is 1. The van der Waals surface area contributed by atoms with Gasteiger partial charge in [0.05, 0.1) is 4.34 Å². The van der Waals surface area contributed by atoms with E-state index in [2.05, 4.69) is 5.32 Å². The monoisotopic (exact) mass is 177 g/mol. The van der Waals surface area contributed by atoms with Gasteiger partial charge in [0.2, 0.25) is 0 Å². The molecule has 10 heavy (non-hydrogen) atoms. The summed E-state index contributed by atoms with van der Waals surface area (Å²) in [7, 11) is 1.69. The maximum Gasteiger partial charge on any atom is 0.140 e. The van der Waals surface area contributed by atoms with Crippen LogP contribution in [0.25, 0.3) is 0 Å². The smallest absolute Gasteiger partial charge is 0.140 e. The minimum absolute atomic E-state index is 0.586. The van der Waals surface area contributed by atoms with Crippen molar-refractivity contribution in [3.63, 3.8) is 0 Å². The molecule has 2 nitrogen and oxygen atoms in total. The maximum atomic E-state index is 9.18.